The molecule has 1 saturated heterocycles. The Balaban J connectivity index is 1.85. The maximum atomic E-state index is 11.4. The van der Waals surface area contributed by atoms with Crippen molar-refractivity contribution in [1.29, 1.82) is 0 Å². The first-order chi connectivity index (χ1) is 10.1. The predicted molar refractivity (Wildman–Crippen MR) is 85.6 cm³/mol. The number of rotatable bonds is 6. The number of benzene rings is 1. The molecule has 5 heteroatoms. The lowest BCUT2D eigenvalue weighted by atomic mass is 9.89. The van der Waals surface area contributed by atoms with Crippen LogP contribution in [0.25, 0.3) is 0 Å². The summed E-state index contributed by atoms with van der Waals surface area (Å²) in [7, 11) is 0. The molecule has 1 aromatic rings. The molecule has 2 atom stereocenters. The van der Waals surface area contributed by atoms with Crippen LogP contribution in [0.2, 0.25) is 0 Å². The fourth-order valence-electron chi connectivity index (χ4n) is 2.82. The van der Waals surface area contributed by atoms with Crippen LogP contribution in [0.4, 0.5) is 0 Å². The summed E-state index contributed by atoms with van der Waals surface area (Å²) in [5.41, 5.74) is 0. The van der Waals surface area contributed by atoms with Crippen LogP contribution in [0.5, 0.6) is 5.75 Å². The minimum atomic E-state index is -0.712. The molecule has 0 amide bonds. The van der Waals surface area contributed by atoms with Crippen molar-refractivity contribution < 1.29 is 14.6 Å². The van der Waals surface area contributed by atoms with Gasteiger partial charge in [0.05, 0.1) is 0 Å². The van der Waals surface area contributed by atoms with Gasteiger partial charge in [0.15, 0.2) is 0 Å². The molecule has 1 aliphatic rings. The van der Waals surface area contributed by atoms with Crippen LogP contribution >= 0.6 is 15.9 Å². The second-order valence-electron chi connectivity index (χ2n) is 5.49. The average molecular weight is 356 g/mol. The Morgan fingerprint density at radius 2 is 2.33 bits per heavy atom. The Morgan fingerprint density at radius 1 is 1.52 bits per heavy atom. The maximum absolute atomic E-state index is 11.4. The Morgan fingerprint density at radius 3 is 3.00 bits per heavy atom. The van der Waals surface area contributed by atoms with Gasteiger partial charge in [0.2, 0.25) is 0 Å². The fraction of sp³-hybridized carbons (Fsp3) is 0.562. The number of halogens is 1. The third kappa shape index (κ3) is 4.71. The molecule has 0 bridgehead atoms. The molecule has 1 fully saturated rings. The van der Waals surface area contributed by atoms with E-state index in [-0.39, 0.29) is 6.04 Å². The minimum Gasteiger partial charge on any atom is -0.492 e. The van der Waals surface area contributed by atoms with Crippen LogP contribution in [-0.2, 0) is 4.79 Å². The number of carbonyl (C=O) groups is 1. The van der Waals surface area contributed by atoms with Gasteiger partial charge >= 0.3 is 5.97 Å². The molecule has 0 aliphatic carbocycles. The van der Waals surface area contributed by atoms with E-state index in [1.165, 1.54) is 0 Å². The molecule has 116 valence electrons. The second-order valence-corrected chi connectivity index (χ2v) is 6.41. The van der Waals surface area contributed by atoms with Crippen LogP contribution in [0.3, 0.4) is 0 Å². The summed E-state index contributed by atoms with van der Waals surface area (Å²) in [5, 5.41) is 9.39. The minimum absolute atomic E-state index is 0.366. The lowest BCUT2D eigenvalue weighted by Crippen LogP contribution is -2.48. The first-order valence-corrected chi connectivity index (χ1v) is 8.24. The van der Waals surface area contributed by atoms with Crippen LogP contribution in [-0.4, -0.2) is 41.7 Å². The van der Waals surface area contributed by atoms with Crippen molar-refractivity contribution in [3.63, 3.8) is 0 Å². The van der Waals surface area contributed by atoms with Crippen LogP contribution in [0.15, 0.2) is 28.7 Å². The summed E-state index contributed by atoms with van der Waals surface area (Å²) >= 11 is 3.41. The molecular weight excluding hydrogens is 334 g/mol. The molecule has 0 radical (unpaired) electrons. The van der Waals surface area contributed by atoms with Crippen LogP contribution < -0.4 is 4.74 Å². The molecule has 0 spiro atoms. The third-order valence-corrected chi connectivity index (χ3v) is 4.62. The number of aliphatic carboxylic acids is 1. The number of hydrogen-bond acceptors (Lipinski definition) is 3. The van der Waals surface area contributed by atoms with E-state index in [9.17, 15) is 9.90 Å². The van der Waals surface area contributed by atoms with Crippen molar-refractivity contribution in [3.05, 3.63) is 28.7 Å². The van der Waals surface area contributed by atoms with E-state index < -0.39 is 5.97 Å². The summed E-state index contributed by atoms with van der Waals surface area (Å²) in [6, 6.07) is 7.32. The Bertz CT molecular complexity index is 480. The van der Waals surface area contributed by atoms with Crippen molar-refractivity contribution in [2.24, 2.45) is 5.92 Å². The van der Waals surface area contributed by atoms with Gasteiger partial charge in [-0.05, 0) is 43.5 Å². The summed E-state index contributed by atoms with van der Waals surface area (Å²) in [4.78, 5) is 13.4. The van der Waals surface area contributed by atoms with Crippen molar-refractivity contribution >= 4 is 21.9 Å². The Kier molecular flexibility index (Phi) is 6.06. The van der Waals surface area contributed by atoms with E-state index in [4.69, 9.17) is 4.74 Å². The molecule has 4 nitrogen and oxygen atoms in total. The zero-order valence-corrected chi connectivity index (χ0v) is 13.9. The van der Waals surface area contributed by atoms with Gasteiger partial charge in [0.1, 0.15) is 18.4 Å². The van der Waals surface area contributed by atoms with E-state index in [2.05, 4.69) is 22.9 Å². The first-order valence-electron chi connectivity index (χ1n) is 7.45. The molecule has 2 rings (SSSR count). The molecule has 0 saturated carbocycles. The number of piperidine rings is 1. The normalized spacial score (nSPS) is 23.0. The van der Waals surface area contributed by atoms with Gasteiger partial charge in [-0.25, -0.2) is 0 Å². The molecule has 1 N–H and O–H groups in total. The zero-order chi connectivity index (χ0) is 15.2. The topological polar surface area (TPSA) is 49.8 Å². The highest BCUT2D eigenvalue weighted by Gasteiger charge is 2.32. The van der Waals surface area contributed by atoms with Gasteiger partial charge in [-0.1, -0.05) is 35.3 Å². The SMILES string of the molecule is CCC1CCN(CCOc2cccc(Br)c2)C(C(=O)O)C1. The monoisotopic (exact) mass is 355 g/mol. The van der Waals surface area contributed by atoms with Crippen molar-refractivity contribution in [2.45, 2.75) is 32.2 Å². The van der Waals surface area contributed by atoms with Crippen molar-refractivity contribution in [2.75, 3.05) is 19.7 Å². The zero-order valence-electron chi connectivity index (χ0n) is 12.3. The quantitative estimate of drug-likeness (QED) is 0.849. The number of hydrogen-bond donors (Lipinski definition) is 1. The number of ether oxygens (including phenoxy) is 1. The van der Waals surface area contributed by atoms with Crippen LogP contribution in [0.1, 0.15) is 26.2 Å². The maximum Gasteiger partial charge on any atom is 0.320 e. The van der Waals surface area contributed by atoms with Crippen molar-refractivity contribution in [1.82, 2.24) is 4.90 Å². The number of nitrogens with zero attached hydrogens (tertiary/aromatic N) is 1. The third-order valence-electron chi connectivity index (χ3n) is 4.13. The largest absolute Gasteiger partial charge is 0.492 e. The predicted octanol–water partition coefficient (Wildman–Crippen LogP) is 3.40. The molecule has 21 heavy (non-hydrogen) atoms. The molecule has 1 heterocycles. The highest BCUT2D eigenvalue weighted by Crippen LogP contribution is 2.25. The number of carboxylic acids is 1. The highest BCUT2D eigenvalue weighted by molar-refractivity contribution is 9.10. The molecule has 1 aromatic carbocycles. The summed E-state index contributed by atoms with van der Waals surface area (Å²) in [6.45, 7) is 4.14. The Labute approximate surface area is 134 Å². The molecule has 0 aromatic heterocycles. The lowest BCUT2D eigenvalue weighted by molar-refractivity contribution is -0.145. The van der Waals surface area contributed by atoms with Gasteiger partial charge in [-0.3, -0.25) is 9.69 Å². The smallest absolute Gasteiger partial charge is 0.320 e. The second kappa shape index (κ2) is 7.80. The van der Waals surface area contributed by atoms with Gasteiger partial charge in [-0.15, -0.1) is 0 Å². The van der Waals surface area contributed by atoms with E-state index >= 15 is 0 Å². The van der Waals surface area contributed by atoms with E-state index in [1.54, 1.807) is 0 Å². The summed E-state index contributed by atoms with van der Waals surface area (Å²) in [6.07, 6.45) is 2.89. The van der Waals surface area contributed by atoms with E-state index in [0.717, 1.165) is 36.0 Å². The highest BCUT2D eigenvalue weighted by atomic mass is 79.9. The van der Waals surface area contributed by atoms with Crippen LogP contribution in [0, 0.1) is 5.92 Å². The molecule has 2 unspecified atom stereocenters. The summed E-state index contributed by atoms with van der Waals surface area (Å²) in [5.74, 6) is 0.628. The first kappa shape index (κ1) is 16.3. The molecular formula is C16H22BrNO3. The lowest BCUT2D eigenvalue weighted by Gasteiger charge is -2.36. The van der Waals surface area contributed by atoms with Gasteiger partial charge in [0, 0.05) is 11.0 Å². The average Bonchev–Trinajstić information content (AvgIpc) is 2.47. The summed E-state index contributed by atoms with van der Waals surface area (Å²) < 4.78 is 6.69. The number of likely N-dealkylation sites (tertiary alicyclic amines) is 1. The fourth-order valence-corrected chi connectivity index (χ4v) is 3.20. The van der Waals surface area contributed by atoms with Crippen molar-refractivity contribution in [3.8, 4) is 5.75 Å². The Hall–Kier alpha value is -1.07. The van der Waals surface area contributed by atoms with Gasteiger partial charge in [-0.2, -0.15) is 0 Å². The van der Waals surface area contributed by atoms with Gasteiger partial charge < -0.3 is 9.84 Å². The number of carboxylic acid groups (broad SMARTS) is 1. The standard InChI is InChI=1S/C16H22BrNO3/c1-2-12-6-7-18(15(10-12)16(19)20)8-9-21-14-5-3-4-13(17)11-14/h3-5,11-12,15H,2,6-10H2,1H3,(H,19,20). The van der Waals surface area contributed by atoms with E-state index in [1.807, 2.05) is 29.2 Å². The van der Waals surface area contributed by atoms with E-state index in [0.29, 0.717) is 19.1 Å². The molecule has 1 aliphatic heterocycles. The van der Waals surface area contributed by atoms with Gasteiger partial charge in [0.25, 0.3) is 0 Å².